The van der Waals surface area contributed by atoms with Crippen LogP contribution in [0.5, 0.6) is 5.75 Å². The number of hydrogen-bond donors (Lipinski definition) is 3. The van der Waals surface area contributed by atoms with Crippen molar-refractivity contribution >= 4 is 23.6 Å². The van der Waals surface area contributed by atoms with Crippen LogP contribution >= 0.6 is 0 Å². The molecule has 2 aromatic carbocycles. The number of hydrogen-bond acceptors (Lipinski definition) is 5. The molecule has 9 nitrogen and oxygen atoms in total. The number of ether oxygens (including phenoxy) is 1. The average Bonchev–Trinajstić information content (AvgIpc) is 2.98. The third-order valence-electron chi connectivity index (χ3n) is 8.36. The highest BCUT2D eigenvalue weighted by molar-refractivity contribution is 5.95. The van der Waals surface area contributed by atoms with Crippen LogP contribution in [0.15, 0.2) is 48.5 Å². The van der Waals surface area contributed by atoms with E-state index in [2.05, 4.69) is 16.0 Å². The first-order valence-corrected chi connectivity index (χ1v) is 15.9. The molecule has 0 aromatic heterocycles. The first-order valence-electron chi connectivity index (χ1n) is 15.9. The van der Waals surface area contributed by atoms with Crippen LogP contribution in [0, 0.1) is 18.3 Å². The smallest absolute Gasteiger partial charge is 0.243 e. The summed E-state index contributed by atoms with van der Waals surface area (Å²) in [5.41, 5.74) is 2.71. The number of fused-ring (bicyclic) bond motifs is 4. The molecule has 44 heavy (non-hydrogen) atoms. The Morgan fingerprint density at radius 1 is 1.05 bits per heavy atom. The van der Waals surface area contributed by atoms with E-state index in [9.17, 15) is 19.2 Å². The molecular weight excluding hydrogens is 556 g/mol. The maximum Gasteiger partial charge on any atom is 0.243 e. The molecule has 4 amide bonds. The third kappa shape index (κ3) is 10.1. The number of amides is 4. The van der Waals surface area contributed by atoms with Crippen LogP contribution in [0.4, 0.5) is 0 Å². The predicted molar refractivity (Wildman–Crippen MR) is 170 cm³/mol. The number of aryl methyl sites for hydroxylation is 2. The Morgan fingerprint density at radius 3 is 2.57 bits per heavy atom. The molecule has 0 aliphatic carbocycles. The molecule has 1 fully saturated rings. The lowest BCUT2D eigenvalue weighted by Crippen LogP contribution is -2.55. The highest BCUT2D eigenvalue weighted by atomic mass is 16.5. The van der Waals surface area contributed by atoms with Gasteiger partial charge in [-0.25, -0.2) is 0 Å². The second-order valence-electron chi connectivity index (χ2n) is 13.4. The third-order valence-corrected chi connectivity index (χ3v) is 8.36. The van der Waals surface area contributed by atoms with Crippen LogP contribution in [0.2, 0.25) is 0 Å². The molecule has 2 heterocycles. The zero-order valence-corrected chi connectivity index (χ0v) is 26.6. The van der Waals surface area contributed by atoms with Crippen LogP contribution in [0.1, 0.15) is 76.0 Å². The quantitative estimate of drug-likeness (QED) is 0.476. The predicted octanol–water partition coefficient (Wildman–Crippen LogP) is 4.06. The Bertz CT molecular complexity index is 1310. The lowest BCUT2D eigenvalue weighted by atomic mass is 9.91. The van der Waals surface area contributed by atoms with E-state index in [0.29, 0.717) is 38.5 Å². The maximum atomic E-state index is 13.8. The first-order chi connectivity index (χ1) is 21.0. The van der Waals surface area contributed by atoms with Gasteiger partial charge < -0.3 is 25.6 Å². The van der Waals surface area contributed by atoms with Gasteiger partial charge in [0.05, 0.1) is 13.0 Å². The molecule has 0 radical (unpaired) electrons. The number of carbonyl (C=O) groups excluding carboxylic acids is 4. The van der Waals surface area contributed by atoms with Gasteiger partial charge in [0.1, 0.15) is 17.8 Å². The van der Waals surface area contributed by atoms with Crippen molar-refractivity contribution in [2.24, 2.45) is 11.3 Å². The number of piperidine rings is 1. The topological polar surface area (TPSA) is 117 Å². The highest BCUT2D eigenvalue weighted by Gasteiger charge is 2.32. The molecule has 4 bridgehead atoms. The summed E-state index contributed by atoms with van der Waals surface area (Å²) in [6, 6.07) is 13.7. The van der Waals surface area contributed by atoms with Gasteiger partial charge in [0.15, 0.2) is 0 Å². The molecule has 1 unspecified atom stereocenters. The normalized spacial score (nSPS) is 22.1. The minimum Gasteiger partial charge on any atom is -0.494 e. The number of carbonyl (C=O) groups is 4. The Labute approximate surface area is 261 Å². The van der Waals surface area contributed by atoms with Crippen molar-refractivity contribution in [1.29, 1.82) is 0 Å². The largest absolute Gasteiger partial charge is 0.494 e. The number of nitrogens with zero attached hydrogens (tertiary/aromatic N) is 1. The van der Waals surface area contributed by atoms with Crippen LogP contribution in [0.25, 0.3) is 0 Å². The fourth-order valence-electron chi connectivity index (χ4n) is 5.84. The van der Waals surface area contributed by atoms with Gasteiger partial charge >= 0.3 is 0 Å². The summed E-state index contributed by atoms with van der Waals surface area (Å²) < 4.78 is 6.09. The summed E-state index contributed by atoms with van der Waals surface area (Å²) in [5.74, 6) is -0.308. The van der Waals surface area contributed by atoms with Gasteiger partial charge in [-0.05, 0) is 79.2 Å². The fraction of sp³-hybridized carbons (Fsp3) is 0.543. The highest BCUT2D eigenvalue weighted by Crippen LogP contribution is 2.23. The van der Waals surface area contributed by atoms with Crippen LogP contribution in [-0.2, 0) is 32.1 Å². The Morgan fingerprint density at radius 2 is 1.82 bits per heavy atom. The molecule has 3 atom stereocenters. The Hall–Kier alpha value is -3.88. The second-order valence-corrected chi connectivity index (χ2v) is 13.4. The van der Waals surface area contributed by atoms with Gasteiger partial charge in [-0.15, -0.1) is 0 Å². The van der Waals surface area contributed by atoms with Crippen molar-refractivity contribution < 1.29 is 23.9 Å². The molecule has 2 aromatic rings. The van der Waals surface area contributed by atoms with Gasteiger partial charge in [-0.2, -0.15) is 0 Å². The number of rotatable bonds is 5. The van der Waals surface area contributed by atoms with E-state index in [0.717, 1.165) is 41.7 Å². The summed E-state index contributed by atoms with van der Waals surface area (Å²) in [6.07, 6.45) is 3.65. The second kappa shape index (κ2) is 15.2. The number of benzene rings is 2. The standard InChI is InChI=1S/C35H48N4O5/c1-24-12-14-28-19-27(24)22-36-33(42)29(15-13-25-9-6-5-7-10-25)38-34(43)30(37-31(40)21-35(2,3)4)20-32(41)39-17-8-11-26(23-39)16-18-44-28/h5-7,9-10,12,14,19,26,29-30H,8,11,13,15-18,20-23H2,1-4H3,(H,36,42)(H,37,40)(H,38,43)/t26?,29-,30-/m0/s1. The van der Waals surface area contributed by atoms with E-state index in [4.69, 9.17) is 4.74 Å². The monoisotopic (exact) mass is 604 g/mol. The van der Waals surface area contributed by atoms with E-state index in [1.807, 2.05) is 76.2 Å². The summed E-state index contributed by atoms with van der Waals surface area (Å²) in [4.78, 5) is 55.7. The Kier molecular flexibility index (Phi) is 11.4. The lowest BCUT2D eigenvalue weighted by Gasteiger charge is -2.34. The fourth-order valence-corrected chi connectivity index (χ4v) is 5.84. The molecule has 4 rings (SSSR count). The summed E-state index contributed by atoms with van der Waals surface area (Å²) in [6.45, 7) is 9.84. The maximum absolute atomic E-state index is 13.8. The van der Waals surface area contributed by atoms with Crippen molar-refractivity contribution in [2.45, 2.75) is 91.3 Å². The van der Waals surface area contributed by atoms with Gasteiger partial charge in [-0.3, -0.25) is 19.2 Å². The van der Waals surface area contributed by atoms with Crippen molar-refractivity contribution in [1.82, 2.24) is 20.9 Å². The van der Waals surface area contributed by atoms with Gasteiger partial charge in [-0.1, -0.05) is 57.2 Å². The van der Waals surface area contributed by atoms with Crippen molar-refractivity contribution in [3.8, 4) is 5.75 Å². The molecule has 0 spiro atoms. The number of nitrogens with one attached hydrogen (secondary N) is 3. The molecular formula is C35H48N4O5. The Balaban J connectivity index is 1.61. The van der Waals surface area contributed by atoms with Crippen LogP contribution in [-0.4, -0.2) is 60.3 Å². The SMILES string of the molecule is Cc1ccc2cc1CNC(=O)[C@H](CCc1ccccc1)NC(=O)[C@@H](NC(=O)CC(C)(C)C)CC(=O)N1CCCC(CCO2)C1. The van der Waals surface area contributed by atoms with Gasteiger partial charge in [0, 0.05) is 26.1 Å². The molecule has 9 heteroatoms. The van der Waals surface area contributed by atoms with Gasteiger partial charge in [0.2, 0.25) is 23.6 Å². The molecule has 2 aliphatic rings. The molecule has 0 saturated carbocycles. The zero-order valence-electron chi connectivity index (χ0n) is 26.6. The molecule has 1 saturated heterocycles. The van der Waals surface area contributed by atoms with E-state index < -0.39 is 18.0 Å². The van der Waals surface area contributed by atoms with E-state index in [-0.39, 0.29) is 42.5 Å². The van der Waals surface area contributed by atoms with Gasteiger partial charge in [0.25, 0.3) is 0 Å². The average molecular weight is 605 g/mol. The summed E-state index contributed by atoms with van der Waals surface area (Å²) in [7, 11) is 0. The molecule has 3 N–H and O–H groups in total. The lowest BCUT2D eigenvalue weighted by molar-refractivity contribution is -0.138. The molecule has 2 aliphatic heterocycles. The van der Waals surface area contributed by atoms with Crippen molar-refractivity contribution in [3.05, 3.63) is 65.2 Å². The van der Waals surface area contributed by atoms with Crippen LogP contribution in [0.3, 0.4) is 0 Å². The minimum atomic E-state index is -1.09. The van der Waals surface area contributed by atoms with Crippen molar-refractivity contribution in [2.75, 3.05) is 19.7 Å². The zero-order chi connectivity index (χ0) is 31.7. The van der Waals surface area contributed by atoms with Crippen LogP contribution < -0.4 is 20.7 Å². The molecule has 238 valence electrons. The summed E-state index contributed by atoms with van der Waals surface area (Å²) >= 11 is 0. The summed E-state index contributed by atoms with van der Waals surface area (Å²) in [5, 5.41) is 8.72. The van der Waals surface area contributed by atoms with E-state index in [1.54, 1.807) is 4.90 Å². The van der Waals surface area contributed by atoms with E-state index in [1.165, 1.54) is 0 Å². The van der Waals surface area contributed by atoms with Crippen molar-refractivity contribution in [3.63, 3.8) is 0 Å². The minimum absolute atomic E-state index is 0.165. The van der Waals surface area contributed by atoms with E-state index >= 15 is 0 Å². The first kappa shape index (κ1) is 33.0.